The second-order valence-electron chi connectivity index (χ2n) is 4.31. The van der Waals surface area contributed by atoms with Crippen molar-refractivity contribution >= 4 is 38.9 Å². The molecule has 2 rings (SSSR count). The lowest BCUT2D eigenvalue weighted by atomic mass is 10.2. The molecule has 7 heteroatoms. The van der Waals surface area contributed by atoms with Crippen LogP contribution in [0, 0.1) is 0 Å². The van der Waals surface area contributed by atoms with E-state index in [1.165, 1.54) is 0 Å². The largest absolute Gasteiger partial charge is 0.353 e. The number of alkyl halides is 1. The minimum absolute atomic E-state index is 0.163. The molecule has 1 atom stereocenters. The van der Waals surface area contributed by atoms with E-state index >= 15 is 0 Å². The van der Waals surface area contributed by atoms with E-state index in [0.29, 0.717) is 11.6 Å². The van der Waals surface area contributed by atoms with E-state index in [2.05, 4.69) is 4.98 Å². The molecule has 1 aromatic rings. The van der Waals surface area contributed by atoms with E-state index in [4.69, 9.17) is 11.6 Å². The maximum absolute atomic E-state index is 12.2. The Morgan fingerprint density at radius 3 is 3.05 bits per heavy atom. The van der Waals surface area contributed by atoms with Crippen molar-refractivity contribution in [2.75, 3.05) is 28.7 Å². The Hall–Kier alpha value is -0.460. The van der Waals surface area contributed by atoms with Crippen LogP contribution in [0.1, 0.15) is 12.5 Å². The zero-order chi connectivity index (χ0) is 13.9. The molecular formula is C12H17ClN2O2S2. The molecule has 0 aliphatic carbocycles. The van der Waals surface area contributed by atoms with E-state index < -0.39 is 15.2 Å². The zero-order valence-electron chi connectivity index (χ0n) is 10.8. The van der Waals surface area contributed by atoms with Crippen LogP contribution in [0.2, 0.25) is 0 Å². The van der Waals surface area contributed by atoms with E-state index in [-0.39, 0.29) is 5.75 Å². The lowest BCUT2D eigenvalue weighted by Crippen LogP contribution is -2.48. The van der Waals surface area contributed by atoms with Gasteiger partial charge in [0.2, 0.25) is 0 Å². The summed E-state index contributed by atoms with van der Waals surface area (Å²) in [6.45, 7) is 2.42. The van der Waals surface area contributed by atoms with Crippen molar-refractivity contribution in [3.05, 3.63) is 24.0 Å². The normalized spacial score (nSPS) is 20.5. The minimum atomic E-state index is -3.10. The van der Waals surface area contributed by atoms with Crippen LogP contribution in [0.15, 0.2) is 18.5 Å². The third kappa shape index (κ3) is 3.17. The highest BCUT2D eigenvalue weighted by molar-refractivity contribution is 8.01. The minimum Gasteiger partial charge on any atom is -0.353 e. The number of hydrogen-bond donors (Lipinski definition) is 0. The topological polar surface area (TPSA) is 50.3 Å². The Labute approximate surface area is 123 Å². The Morgan fingerprint density at radius 2 is 2.37 bits per heavy atom. The van der Waals surface area contributed by atoms with Crippen LogP contribution in [0.25, 0.3) is 0 Å². The van der Waals surface area contributed by atoms with Crippen molar-refractivity contribution in [3.8, 4) is 0 Å². The number of aromatic nitrogens is 1. The van der Waals surface area contributed by atoms with Crippen LogP contribution in [0.4, 0.5) is 5.69 Å². The molecule has 0 radical (unpaired) electrons. The molecule has 0 spiro atoms. The number of nitrogens with zero attached hydrogens (tertiary/aromatic N) is 2. The maximum atomic E-state index is 12.2. The van der Waals surface area contributed by atoms with E-state index in [0.717, 1.165) is 23.5 Å². The van der Waals surface area contributed by atoms with Gasteiger partial charge in [0.05, 0.1) is 5.88 Å². The van der Waals surface area contributed by atoms with Crippen molar-refractivity contribution in [1.29, 1.82) is 0 Å². The van der Waals surface area contributed by atoms with Crippen LogP contribution in [0.5, 0.6) is 0 Å². The maximum Gasteiger partial charge on any atom is 0.171 e. The average molecular weight is 321 g/mol. The third-order valence-electron chi connectivity index (χ3n) is 3.23. The summed E-state index contributed by atoms with van der Waals surface area (Å²) in [7, 11) is -3.10. The molecule has 1 aliphatic rings. The molecule has 0 amide bonds. The standard InChI is InChI=1S/C12H17ClN2O2S2/c1-2-19(16,17)12-9-18-6-5-15(12)11-3-4-14-8-10(11)7-13/h3-4,8,12H,2,5-7,9H2,1H3. The molecule has 1 aliphatic heterocycles. The van der Waals surface area contributed by atoms with Gasteiger partial charge in [-0.05, 0) is 6.07 Å². The molecule has 0 N–H and O–H groups in total. The molecule has 4 nitrogen and oxygen atoms in total. The molecule has 1 fully saturated rings. The fourth-order valence-electron chi connectivity index (χ4n) is 2.15. The Kier molecular flexibility index (Phi) is 4.97. The number of pyridine rings is 1. The van der Waals surface area contributed by atoms with Crippen molar-refractivity contribution in [2.45, 2.75) is 18.2 Å². The summed E-state index contributed by atoms with van der Waals surface area (Å²) in [6.07, 6.45) is 3.39. The summed E-state index contributed by atoms with van der Waals surface area (Å²) in [5, 5.41) is -0.458. The Morgan fingerprint density at radius 1 is 1.58 bits per heavy atom. The van der Waals surface area contributed by atoms with E-state index in [1.807, 2.05) is 11.0 Å². The lowest BCUT2D eigenvalue weighted by molar-refractivity contribution is 0.579. The van der Waals surface area contributed by atoms with Gasteiger partial charge in [-0.15, -0.1) is 11.6 Å². The number of rotatable bonds is 4. The predicted molar refractivity (Wildman–Crippen MR) is 81.7 cm³/mol. The molecular weight excluding hydrogens is 304 g/mol. The second kappa shape index (κ2) is 6.33. The fraction of sp³-hybridized carbons (Fsp3) is 0.583. The molecule has 1 saturated heterocycles. The van der Waals surface area contributed by atoms with Crippen LogP contribution in [0.3, 0.4) is 0 Å². The van der Waals surface area contributed by atoms with Gasteiger partial charge in [-0.25, -0.2) is 8.42 Å². The third-order valence-corrected chi connectivity index (χ3v) is 6.81. The van der Waals surface area contributed by atoms with Crippen LogP contribution in [-0.2, 0) is 15.7 Å². The second-order valence-corrected chi connectivity index (χ2v) is 8.18. The van der Waals surface area contributed by atoms with Crippen molar-refractivity contribution in [2.24, 2.45) is 0 Å². The smallest absolute Gasteiger partial charge is 0.171 e. The highest BCUT2D eigenvalue weighted by Gasteiger charge is 2.33. The van der Waals surface area contributed by atoms with Crippen LogP contribution < -0.4 is 4.90 Å². The molecule has 1 aromatic heterocycles. The number of halogens is 1. The van der Waals surface area contributed by atoms with Gasteiger partial charge in [0, 0.05) is 47.4 Å². The predicted octanol–water partition coefficient (Wildman–Crippen LogP) is 2.13. The summed E-state index contributed by atoms with van der Waals surface area (Å²) in [4.78, 5) is 6.02. The SMILES string of the molecule is CCS(=O)(=O)C1CSCCN1c1ccncc1CCl. The monoisotopic (exact) mass is 320 g/mol. The van der Waals surface area contributed by atoms with E-state index in [1.54, 1.807) is 31.1 Å². The number of hydrogen-bond acceptors (Lipinski definition) is 5. The van der Waals surface area contributed by atoms with Gasteiger partial charge in [0.25, 0.3) is 0 Å². The quantitative estimate of drug-likeness (QED) is 0.796. The van der Waals surface area contributed by atoms with Gasteiger partial charge in [-0.1, -0.05) is 6.92 Å². The molecule has 0 aromatic carbocycles. The van der Waals surface area contributed by atoms with Gasteiger partial charge in [0.1, 0.15) is 5.37 Å². The van der Waals surface area contributed by atoms with Crippen molar-refractivity contribution < 1.29 is 8.42 Å². The molecule has 19 heavy (non-hydrogen) atoms. The highest BCUT2D eigenvalue weighted by Crippen LogP contribution is 2.30. The molecule has 1 unspecified atom stereocenters. The molecule has 106 valence electrons. The first kappa shape index (κ1) is 14.9. The van der Waals surface area contributed by atoms with Crippen molar-refractivity contribution in [3.63, 3.8) is 0 Å². The zero-order valence-corrected chi connectivity index (χ0v) is 13.1. The molecule has 0 bridgehead atoms. The summed E-state index contributed by atoms with van der Waals surface area (Å²) >= 11 is 7.61. The molecule has 2 heterocycles. The first-order chi connectivity index (χ1) is 9.10. The van der Waals surface area contributed by atoms with Gasteiger partial charge < -0.3 is 4.90 Å². The van der Waals surface area contributed by atoms with E-state index in [9.17, 15) is 8.42 Å². The molecule has 0 saturated carbocycles. The van der Waals surface area contributed by atoms with Crippen LogP contribution in [-0.4, -0.2) is 42.6 Å². The van der Waals surface area contributed by atoms with Gasteiger partial charge in [-0.2, -0.15) is 11.8 Å². The number of anilines is 1. The summed E-state index contributed by atoms with van der Waals surface area (Å²) < 4.78 is 24.5. The summed E-state index contributed by atoms with van der Waals surface area (Å²) in [5.74, 6) is 2.04. The number of sulfone groups is 1. The lowest BCUT2D eigenvalue weighted by Gasteiger charge is -2.37. The number of thioether (sulfide) groups is 1. The first-order valence-electron chi connectivity index (χ1n) is 6.15. The summed E-state index contributed by atoms with van der Waals surface area (Å²) in [6, 6.07) is 1.85. The first-order valence-corrected chi connectivity index (χ1v) is 9.55. The van der Waals surface area contributed by atoms with Gasteiger partial charge in [0.15, 0.2) is 9.84 Å². The van der Waals surface area contributed by atoms with Crippen LogP contribution >= 0.6 is 23.4 Å². The van der Waals surface area contributed by atoms with Crippen molar-refractivity contribution in [1.82, 2.24) is 4.98 Å². The van der Waals surface area contributed by atoms with Gasteiger partial charge in [-0.3, -0.25) is 4.98 Å². The fourth-order valence-corrected chi connectivity index (χ4v) is 5.34. The Bertz CT molecular complexity index is 536. The average Bonchev–Trinajstić information content (AvgIpc) is 2.47. The Balaban J connectivity index is 2.40. The highest BCUT2D eigenvalue weighted by atomic mass is 35.5. The van der Waals surface area contributed by atoms with Gasteiger partial charge >= 0.3 is 0 Å². The summed E-state index contributed by atoms with van der Waals surface area (Å²) in [5.41, 5.74) is 1.78.